The number of carboxylic acid groups (broad SMARTS) is 1. The minimum Gasteiger partial charge on any atom is -0.481 e. The van der Waals surface area contributed by atoms with Crippen LogP contribution in [0.15, 0.2) is 5.16 Å². The lowest BCUT2D eigenvalue weighted by Crippen LogP contribution is -2.14. The normalized spacial score (nSPS) is 12.2. The van der Waals surface area contributed by atoms with Crippen molar-refractivity contribution in [3.63, 3.8) is 0 Å². The van der Waals surface area contributed by atoms with Gasteiger partial charge < -0.3 is 10.3 Å². The van der Waals surface area contributed by atoms with Crippen LogP contribution >= 0.6 is 0 Å². The average molecular weight is 159 g/mol. The molecule has 0 aromatic rings. The maximum atomic E-state index is 10.1. The number of rotatable bonds is 4. The van der Waals surface area contributed by atoms with Crippen LogP contribution in [0.25, 0.3) is 0 Å². The smallest absolute Gasteiger partial charge is 0.303 e. The molecule has 0 atom stereocenters. The first-order valence-corrected chi connectivity index (χ1v) is 3.38. The van der Waals surface area contributed by atoms with E-state index in [1.807, 2.05) is 13.8 Å². The van der Waals surface area contributed by atoms with Crippen molar-refractivity contribution in [3.05, 3.63) is 0 Å². The molecule has 0 aromatic heterocycles. The molecule has 4 nitrogen and oxygen atoms in total. The van der Waals surface area contributed by atoms with Crippen molar-refractivity contribution >= 4 is 12.2 Å². The summed E-state index contributed by atoms with van der Waals surface area (Å²) in [5.74, 6) is -0.829. The Bertz CT molecular complexity index is 163. The molecule has 0 aliphatic rings. The third-order valence-electron chi connectivity index (χ3n) is 1.39. The summed E-state index contributed by atoms with van der Waals surface area (Å²) in [7, 11) is 0. The van der Waals surface area contributed by atoms with Crippen molar-refractivity contribution < 1.29 is 15.1 Å². The lowest BCUT2D eigenvalue weighted by atomic mass is 9.89. The van der Waals surface area contributed by atoms with E-state index in [4.69, 9.17) is 10.3 Å². The zero-order valence-corrected chi connectivity index (χ0v) is 6.74. The fourth-order valence-electron chi connectivity index (χ4n) is 0.650. The molecule has 0 spiro atoms. The summed E-state index contributed by atoms with van der Waals surface area (Å²) in [6, 6.07) is 0. The SMILES string of the molecule is CC(C)(/C=N/O)CCC(=O)O. The van der Waals surface area contributed by atoms with Crippen LogP contribution in [0.4, 0.5) is 0 Å². The zero-order valence-electron chi connectivity index (χ0n) is 6.74. The van der Waals surface area contributed by atoms with E-state index in [-0.39, 0.29) is 11.8 Å². The first-order chi connectivity index (χ1) is 4.98. The first kappa shape index (κ1) is 9.94. The molecule has 0 rings (SSSR count). The Morgan fingerprint density at radius 2 is 2.18 bits per heavy atom. The van der Waals surface area contributed by atoms with Gasteiger partial charge in [0.2, 0.25) is 0 Å². The van der Waals surface area contributed by atoms with Gasteiger partial charge in [0, 0.05) is 18.1 Å². The van der Waals surface area contributed by atoms with Gasteiger partial charge in [0.15, 0.2) is 0 Å². The maximum Gasteiger partial charge on any atom is 0.303 e. The van der Waals surface area contributed by atoms with Gasteiger partial charge in [0.1, 0.15) is 0 Å². The average Bonchev–Trinajstić information content (AvgIpc) is 1.84. The largest absolute Gasteiger partial charge is 0.481 e. The quantitative estimate of drug-likeness (QED) is 0.369. The Balaban J connectivity index is 3.82. The maximum absolute atomic E-state index is 10.1. The van der Waals surface area contributed by atoms with Crippen LogP contribution in [0.3, 0.4) is 0 Å². The highest BCUT2D eigenvalue weighted by Gasteiger charge is 2.16. The van der Waals surface area contributed by atoms with E-state index in [1.165, 1.54) is 6.21 Å². The molecule has 0 amide bonds. The van der Waals surface area contributed by atoms with Crippen LogP contribution in [0.2, 0.25) is 0 Å². The number of nitrogens with zero attached hydrogens (tertiary/aromatic N) is 1. The highest BCUT2D eigenvalue weighted by Crippen LogP contribution is 2.18. The molecular weight excluding hydrogens is 146 g/mol. The monoisotopic (exact) mass is 159 g/mol. The minimum absolute atomic E-state index is 0.0962. The van der Waals surface area contributed by atoms with E-state index in [1.54, 1.807) is 0 Å². The molecule has 0 saturated heterocycles. The molecule has 11 heavy (non-hydrogen) atoms. The topological polar surface area (TPSA) is 69.9 Å². The number of hydrogen-bond acceptors (Lipinski definition) is 3. The first-order valence-electron chi connectivity index (χ1n) is 3.38. The highest BCUT2D eigenvalue weighted by atomic mass is 16.4. The van der Waals surface area contributed by atoms with Crippen molar-refractivity contribution in [1.29, 1.82) is 0 Å². The van der Waals surface area contributed by atoms with Gasteiger partial charge in [-0.05, 0) is 6.42 Å². The van der Waals surface area contributed by atoms with Gasteiger partial charge >= 0.3 is 5.97 Å². The molecule has 0 aliphatic carbocycles. The highest BCUT2D eigenvalue weighted by molar-refractivity contribution is 5.69. The van der Waals surface area contributed by atoms with Gasteiger partial charge in [-0.3, -0.25) is 4.79 Å². The molecule has 0 aliphatic heterocycles. The van der Waals surface area contributed by atoms with Crippen LogP contribution < -0.4 is 0 Å². The molecule has 0 aromatic carbocycles. The number of carbonyl (C=O) groups is 1. The summed E-state index contributed by atoms with van der Waals surface area (Å²) in [4.78, 5) is 10.1. The van der Waals surface area contributed by atoms with Crippen molar-refractivity contribution in [2.75, 3.05) is 0 Å². The summed E-state index contributed by atoms with van der Waals surface area (Å²) in [5.41, 5.74) is -0.340. The van der Waals surface area contributed by atoms with Crippen molar-refractivity contribution in [2.45, 2.75) is 26.7 Å². The molecule has 0 heterocycles. The lowest BCUT2D eigenvalue weighted by molar-refractivity contribution is -0.137. The van der Waals surface area contributed by atoms with Gasteiger partial charge in [-0.1, -0.05) is 13.8 Å². The third-order valence-corrected chi connectivity index (χ3v) is 1.39. The summed E-state index contributed by atoms with van der Waals surface area (Å²) in [6.45, 7) is 3.63. The number of hydrogen-bond donors (Lipinski definition) is 2. The fourth-order valence-corrected chi connectivity index (χ4v) is 0.650. The molecule has 0 saturated carbocycles. The molecule has 0 unspecified atom stereocenters. The van der Waals surface area contributed by atoms with Crippen molar-refractivity contribution in [2.24, 2.45) is 10.6 Å². The van der Waals surface area contributed by atoms with Crippen LogP contribution in [0.1, 0.15) is 26.7 Å². The molecule has 4 heteroatoms. The molecular formula is C7H13NO3. The van der Waals surface area contributed by atoms with Crippen LogP contribution in [0.5, 0.6) is 0 Å². The second-order valence-electron chi connectivity index (χ2n) is 3.13. The predicted molar refractivity (Wildman–Crippen MR) is 40.9 cm³/mol. The summed E-state index contributed by atoms with van der Waals surface area (Å²) in [5, 5.41) is 19.4. The zero-order chi connectivity index (χ0) is 8.91. The molecule has 64 valence electrons. The van der Waals surface area contributed by atoms with E-state index < -0.39 is 5.97 Å². The Kier molecular flexibility index (Phi) is 3.57. The third kappa shape index (κ3) is 5.39. The van der Waals surface area contributed by atoms with E-state index >= 15 is 0 Å². The molecule has 0 radical (unpaired) electrons. The predicted octanol–water partition coefficient (Wildman–Crippen LogP) is 1.34. The van der Waals surface area contributed by atoms with Crippen molar-refractivity contribution in [1.82, 2.24) is 0 Å². The van der Waals surface area contributed by atoms with E-state index in [0.29, 0.717) is 6.42 Å². The molecule has 0 bridgehead atoms. The number of oxime groups is 1. The second-order valence-corrected chi connectivity index (χ2v) is 3.13. The van der Waals surface area contributed by atoms with E-state index in [2.05, 4.69) is 5.16 Å². The van der Waals surface area contributed by atoms with E-state index in [0.717, 1.165) is 0 Å². The fraction of sp³-hybridized carbons (Fsp3) is 0.714. The number of aliphatic carboxylic acids is 1. The van der Waals surface area contributed by atoms with Gasteiger partial charge in [0.05, 0.1) is 0 Å². The standard InChI is InChI=1S/C7H13NO3/c1-7(2,5-8-11)4-3-6(9)10/h5,11H,3-4H2,1-2H3,(H,9,10)/b8-5+. The molecule has 2 N–H and O–H groups in total. The lowest BCUT2D eigenvalue weighted by Gasteiger charge is -2.15. The van der Waals surface area contributed by atoms with Crippen LogP contribution in [-0.4, -0.2) is 22.5 Å². The van der Waals surface area contributed by atoms with Gasteiger partial charge in [-0.2, -0.15) is 0 Å². The van der Waals surface area contributed by atoms with Gasteiger partial charge in [0.25, 0.3) is 0 Å². The second kappa shape index (κ2) is 3.95. The summed E-state index contributed by atoms with van der Waals surface area (Å²) in [6.07, 6.45) is 1.92. The van der Waals surface area contributed by atoms with Gasteiger partial charge in [-0.15, -0.1) is 5.16 Å². The van der Waals surface area contributed by atoms with Crippen LogP contribution in [-0.2, 0) is 4.79 Å². The summed E-state index contributed by atoms with van der Waals surface area (Å²) >= 11 is 0. The number of carboxylic acids is 1. The van der Waals surface area contributed by atoms with Gasteiger partial charge in [-0.25, -0.2) is 0 Å². The Labute approximate surface area is 65.5 Å². The Morgan fingerprint density at radius 3 is 2.55 bits per heavy atom. The van der Waals surface area contributed by atoms with Crippen molar-refractivity contribution in [3.8, 4) is 0 Å². The van der Waals surface area contributed by atoms with Crippen LogP contribution in [0, 0.1) is 5.41 Å². The Hall–Kier alpha value is -1.06. The summed E-state index contributed by atoms with van der Waals surface area (Å²) < 4.78 is 0. The Morgan fingerprint density at radius 1 is 1.64 bits per heavy atom. The van der Waals surface area contributed by atoms with E-state index in [9.17, 15) is 4.79 Å². The minimum atomic E-state index is -0.829. The molecule has 0 fully saturated rings.